The first-order valence-electron chi connectivity index (χ1n) is 6.05. The smallest absolute Gasteiger partial charge is 0.408 e. The van der Waals surface area contributed by atoms with E-state index in [2.05, 4.69) is 10.3 Å². The maximum atomic E-state index is 12.7. The van der Waals surface area contributed by atoms with Crippen LogP contribution >= 0.6 is 0 Å². The third-order valence-electron chi connectivity index (χ3n) is 2.05. The molecule has 1 aromatic rings. The third-order valence-corrected chi connectivity index (χ3v) is 2.05. The molecule has 0 aliphatic carbocycles. The molecule has 0 saturated carbocycles. The Kier molecular flexibility index (Phi) is 5.03. The number of carbonyl (C=O) groups excluding carboxylic acids is 1. The standard InChI is InChI=1S/C14H19FN2O2/c1-10(17-13(18)19-14(2,3)4)5-7-12-8-6-11(15)9-16-12/h5-10H,1-4H3,(H,17,18)/b7-5+/t10-/m1/s1. The van der Waals surface area contributed by atoms with Gasteiger partial charge in [0.1, 0.15) is 11.4 Å². The van der Waals surface area contributed by atoms with Gasteiger partial charge >= 0.3 is 6.09 Å². The Morgan fingerprint density at radius 3 is 2.68 bits per heavy atom. The van der Waals surface area contributed by atoms with Gasteiger partial charge in [-0.25, -0.2) is 9.18 Å². The van der Waals surface area contributed by atoms with Crippen LogP contribution in [0.4, 0.5) is 9.18 Å². The summed E-state index contributed by atoms with van der Waals surface area (Å²) < 4.78 is 17.8. The highest BCUT2D eigenvalue weighted by Crippen LogP contribution is 2.07. The molecule has 0 aliphatic heterocycles. The number of carbonyl (C=O) groups is 1. The molecule has 0 unspecified atom stereocenters. The van der Waals surface area contributed by atoms with Crippen molar-refractivity contribution in [2.24, 2.45) is 0 Å². The quantitative estimate of drug-likeness (QED) is 0.914. The molecule has 0 aliphatic rings. The Labute approximate surface area is 112 Å². The molecule has 1 amide bonds. The van der Waals surface area contributed by atoms with Crippen molar-refractivity contribution in [2.45, 2.75) is 39.3 Å². The Balaban J connectivity index is 2.48. The molecule has 0 spiro atoms. The van der Waals surface area contributed by atoms with Gasteiger partial charge in [0.2, 0.25) is 0 Å². The number of aromatic nitrogens is 1. The summed E-state index contributed by atoms with van der Waals surface area (Å²) in [6.45, 7) is 7.21. The minimum absolute atomic E-state index is 0.207. The Bertz CT molecular complexity index is 450. The van der Waals surface area contributed by atoms with Crippen molar-refractivity contribution < 1.29 is 13.9 Å². The molecule has 1 atom stereocenters. The van der Waals surface area contributed by atoms with E-state index in [1.165, 1.54) is 6.07 Å². The monoisotopic (exact) mass is 266 g/mol. The molecule has 4 nitrogen and oxygen atoms in total. The number of hydrogen-bond acceptors (Lipinski definition) is 3. The first-order valence-corrected chi connectivity index (χ1v) is 6.05. The maximum Gasteiger partial charge on any atom is 0.408 e. The number of hydrogen-bond donors (Lipinski definition) is 1. The second-order valence-electron chi connectivity index (χ2n) is 5.20. The summed E-state index contributed by atoms with van der Waals surface area (Å²) in [5, 5.41) is 2.67. The number of alkyl carbamates (subject to hydrolysis) is 1. The van der Waals surface area contributed by atoms with Crippen molar-refractivity contribution in [1.82, 2.24) is 10.3 Å². The zero-order valence-electron chi connectivity index (χ0n) is 11.6. The van der Waals surface area contributed by atoms with E-state index in [1.54, 1.807) is 39.0 Å². The second-order valence-corrected chi connectivity index (χ2v) is 5.20. The molecular formula is C14H19FN2O2. The first kappa shape index (κ1) is 15.1. The van der Waals surface area contributed by atoms with Gasteiger partial charge in [0.25, 0.3) is 0 Å². The summed E-state index contributed by atoms with van der Waals surface area (Å²) >= 11 is 0. The van der Waals surface area contributed by atoms with Gasteiger partial charge in [0.05, 0.1) is 11.9 Å². The fourth-order valence-corrected chi connectivity index (χ4v) is 1.27. The summed E-state index contributed by atoms with van der Waals surface area (Å²) in [4.78, 5) is 15.4. The molecule has 1 N–H and O–H groups in total. The van der Waals surface area contributed by atoms with Gasteiger partial charge in [-0.05, 0) is 45.9 Å². The molecule has 1 rings (SSSR count). The average Bonchev–Trinajstić information content (AvgIpc) is 2.25. The summed E-state index contributed by atoms with van der Waals surface area (Å²) in [6.07, 6.45) is 4.13. The van der Waals surface area contributed by atoms with Crippen LogP contribution in [0.25, 0.3) is 6.08 Å². The molecule has 1 aromatic heterocycles. The highest BCUT2D eigenvalue weighted by atomic mass is 19.1. The summed E-state index contributed by atoms with van der Waals surface area (Å²) in [6, 6.07) is 2.69. The third kappa shape index (κ3) is 6.55. The van der Waals surface area contributed by atoms with Crippen LogP contribution in [0.1, 0.15) is 33.4 Å². The van der Waals surface area contributed by atoms with E-state index in [-0.39, 0.29) is 11.9 Å². The zero-order chi connectivity index (χ0) is 14.5. The van der Waals surface area contributed by atoms with Crippen molar-refractivity contribution in [1.29, 1.82) is 0 Å². The lowest BCUT2D eigenvalue weighted by atomic mass is 10.2. The lowest BCUT2D eigenvalue weighted by Crippen LogP contribution is -2.36. The average molecular weight is 266 g/mol. The number of halogens is 1. The van der Waals surface area contributed by atoms with Crippen LogP contribution in [-0.2, 0) is 4.74 Å². The second kappa shape index (κ2) is 6.31. The molecule has 0 fully saturated rings. The largest absolute Gasteiger partial charge is 0.444 e. The zero-order valence-corrected chi connectivity index (χ0v) is 11.6. The van der Waals surface area contributed by atoms with Crippen LogP contribution in [0.5, 0.6) is 0 Å². The molecule has 0 aromatic carbocycles. The van der Waals surface area contributed by atoms with E-state index in [0.717, 1.165) is 6.20 Å². The predicted molar refractivity (Wildman–Crippen MR) is 72.1 cm³/mol. The van der Waals surface area contributed by atoms with Crippen molar-refractivity contribution in [2.75, 3.05) is 0 Å². The van der Waals surface area contributed by atoms with Gasteiger partial charge in [-0.3, -0.25) is 4.98 Å². The van der Waals surface area contributed by atoms with Crippen LogP contribution < -0.4 is 5.32 Å². The minimum atomic E-state index is -0.522. The van der Waals surface area contributed by atoms with Gasteiger partial charge in [-0.2, -0.15) is 0 Å². The number of amides is 1. The predicted octanol–water partition coefficient (Wildman–Crippen LogP) is 3.15. The molecule has 104 valence electrons. The molecular weight excluding hydrogens is 247 g/mol. The summed E-state index contributed by atoms with van der Waals surface area (Å²) in [7, 11) is 0. The van der Waals surface area contributed by atoms with Gasteiger partial charge < -0.3 is 10.1 Å². The minimum Gasteiger partial charge on any atom is -0.444 e. The molecule has 0 radical (unpaired) electrons. The van der Waals surface area contributed by atoms with E-state index < -0.39 is 11.7 Å². The van der Waals surface area contributed by atoms with Crippen molar-refractivity contribution >= 4 is 12.2 Å². The highest BCUT2D eigenvalue weighted by Gasteiger charge is 2.16. The molecule has 0 saturated heterocycles. The van der Waals surface area contributed by atoms with E-state index in [4.69, 9.17) is 4.74 Å². The van der Waals surface area contributed by atoms with Gasteiger partial charge in [0.15, 0.2) is 0 Å². The normalized spacial score (nSPS) is 13.3. The highest BCUT2D eigenvalue weighted by molar-refractivity contribution is 5.68. The van der Waals surface area contributed by atoms with Crippen LogP contribution in [0.2, 0.25) is 0 Å². The van der Waals surface area contributed by atoms with Crippen LogP contribution in [0, 0.1) is 5.82 Å². The Morgan fingerprint density at radius 2 is 2.16 bits per heavy atom. The topological polar surface area (TPSA) is 51.2 Å². The lowest BCUT2D eigenvalue weighted by molar-refractivity contribution is 0.0518. The van der Waals surface area contributed by atoms with E-state index >= 15 is 0 Å². The van der Waals surface area contributed by atoms with Crippen molar-refractivity contribution in [3.8, 4) is 0 Å². The SMILES string of the molecule is C[C@H](/C=C/c1ccc(F)cn1)NC(=O)OC(C)(C)C. The number of nitrogens with one attached hydrogen (secondary N) is 1. The summed E-state index contributed by atoms with van der Waals surface area (Å²) in [5.74, 6) is -0.378. The molecule has 19 heavy (non-hydrogen) atoms. The number of pyridine rings is 1. The molecule has 0 bridgehead atoms. The number of nitrogens with zero attached hydrogens (tertiary/aromatic N) is 1. The number of rotatable bonds is 3. The lowest BCUT2D eigenvalue weighted by Gasteiger charge is -2.20. The van der Waals surface area contributed by atoms with Crippen LogP contribution in [-0.4, -0.2) is 22.7 Å². The molecule has 1 heterocycles. The van der Waals surface area contributed by atoms with Gasteiger partial charge in [-0.15, -0.1) is 0 Å². The van der Waals surface area contributed by atoms with E-state index in [0.29, 0.717) is 5.69 Å². The van der Waals surface area contributed by atoms with Gasteiger partial charge in [-0.1, -0.05) is 6.08 Å². The fraction of sp³-hybridized carbons (Fsp3) is 0.429. The van der Waals surface area contributed by atoms with E-state index in [1.807, 2.05) is 6.92 Å². The summed E-state index contributed by atoms with van der Waals surface area (Å²) in [5.41, 5.74) is 0.102. The Hall–Kier alpha value is -1.91. The van der Waals surface area contributed by atoms with Crippen LogP contribution in [0.3, 0.4) is 0 Å². The maximum absolute atomic E-state index is 12.7. The fourth-order valence-electron chi connectivity index (χ4n) is 1.27. The number of ether oxygens (including phenoxy) is 1. The van der Waals surface area contributed by atoms with Crippen molar-refractivity contribution in [3.05, 3.63) is 35.9 Å². The van der Waals surface area contributed by atoms with Crippen LogP contribution in [0.15, 0.2) is 24.4 Å². The Morgan fingerprint density at radius 1 is 1.47 bits per heavy atom. The molecule has 5 heteroatoms. The van der Waals surface area contributed by atoms with E-state index in [9.17, 15) is 9.18 Å². The van der Waals surface area contributed by atoms with Crippen molar-refractivity contribution in [3.63, 3.8) is 0 Å². The van der Waals surface area contributed by atoms with Gasteiger partial charge in [0, 0.05) is 6.04 Å². The first-order chi connectivity index (χ1) is 8.76.